The summed E-state index contributed by atoms with van der Waals surface area (Å²) in [7, 11) is 1.75. The lowest BCUT2D eigenvalue weighted by molar-refractivity contribution is 0.128. The molecule has 0 fully saturated rings. The molecule has 6 heteroatoms. The molecule has 0 aliphatic carbocycles. The number of aliphatic imine (C=N–C) groups is 1. The van der Waals surface area contributed by atoms with Gasteiger partial charge in [-0.15, -0.1) is 0 Å². The van der Waals surface area contributed by atoms with E-state index in [0.717, 1.165) is 30.1 Å². The van der Waals surface area contributed by atoms with Crippen LogP contribution in [0.5, 0.6) is 5.88 Å². The quantitative estimate of drug-likeness (QED) is 0.353. The molecule has 2 N–H and O–H groups in total. The molecule has 0 aliphatic rings. The van der Waals surface area contributed by atoms with Crippen molar-refractivity contribution in [3.63, 3.8) is 0 Å². The number of rotatable bonds is 11. The number of hydrogen-bond acceptors (Lipinski definition) is 4. The Balaban J connectivity index is 1.76. The molecular formula is C22H32N4O2. The Kier molecular flexibility index (Phi) is 9.86. The standard InChI is InChI=1S/C22H32N4O2/c1-18(2)11-14-27-15-13-25-22(23-3)26-16-20-10-7-12-24-21(20)28-17-19-8-5-4-6-9-19/h4-10,12,18H,11,13-17H2,1-3H3,(H2,23,25,26). The number of aromatic nitrogens is 1. The van der Waals surface area contributed by atoms with Gasteiger partial charge < -0.3 is 20.1 Å². The summed E-state index contributed by atoms with van der Waals surface area (Å²) in [5.41, 5.74) is 2.09. The van der Waals surface area contributed by atoms with Crippen molar-refractivity contribution < 1.29 is 9.47 Å². The molecular weight excluding hydrogens is 352 g/mol. The molecule has 0 aliphatic heterocycles. The summed E-state index contributed by atoms with van der Waals surface area (Å²) >= 11 is 0. The number of nitrogens with one attached hydrogen (secondary N) is 2. The van der Waals surface area contributed by atoms with E-state index in [9.17, 15) is 0 Å². The van der Waals surface area contributed by atoms with Crippen molar-refractivity contribution in [2.75, 3.05) is 26.8 Å². The fourth-order valence-corrected chi connectivity index (χ4v) is 2.48. The third-order valence-electron chi connectivity index (χ3n) is 4.12. The Morgan fingerprint density at radius 3 is 2.64 bits per heavy atom. The lowest BCUT2D eigenvalue weighted by atomic mass is 10.1. The van der Waals surface area contributed by atoms with Crippen LogP contribution in [0.15, 0.2) is 53.7 Å². The van der Waals surface area contributed by atoms with E-state index < -0.39 is 0 Å². The monoisotopic (exact) mass is 384 g/mol. The Bertz CT molecular complexity index is 705. The zero-order valence-corrected chi connectivity index (χ0v) is 17.1. The van der Waals surface area contributed by atoms with E-state index in [0.29, 0.717) is 38.1 Å². The van der Waals surface area contributed by atoms with Gasteiger partial charge in [-0.25, -0.2) is 4.98 Å². The van der Waals surface area contributed by atoms with Crippen molar-refractivity contribution in [1.82, 2.24) is 15.6 Å². The number of hydrogen-bond donors (Lipinski definition) is 2. The van der Waals surface area contributed by atoms with Crippen molar-refractivity contribution in [3.8, 4) is 5.88 Å². The Labute approximate surface area is 168 Å². The number of pyridine rings is 1. The predicted octanol–water partition coefficient (Wildman–Crippen LogP) is 3.39. The molecule has 2 rings (SSSR count). The molecule has 28 heavy (non-hydrogen) atoms. The minimum atomic E-state index is 0.492. The van der Waals surface area contributed by atoms with Gasteiger partial charge in [0, 0.05) is 38.5 Å². The predicted molar refractivity (Wildman–Crippen MR) is 113 cm³/mol. The fraction of sp³-hybridized carbons (Fsp3) is 0.455. The number of benzene rings is 1. The van der Waals surface area contributed by atoms with E-state index >= 15 is 0 Å². The number of ether oxygens (including phenoxy) is 2. The van der Waals surface area contributed by atoms with Gasteiger partial charge in [-0.2, -0.15) is 0 Å². The molecule has 6 nitrogen and oxygen atoms in total. The van der Waals surface area contributed by atoms with Crippen LogP contribution < -0.4 is 15.4 Å². The summed E-state index contributed by atoms with van der Waals surface area (Å²) in [5.74, 6) is 2.02. The van der Waals surface area contributed by atoms with Crippen LogP contribution in [-0.2, 0) is 17.9 Å². The summed E-state index contributed by atoms with van der Waals surface area (Å²) in [6.07, 6.45) is 2.82. The SMILES string of the molecule is CN=C(NCCOCCC(C)C)NCc1cccnc1OCc1ccccc1. The normalized spacial score (nSPS) is 11.5. The van der Waals surface area contributed by atoms with Crippen LogP contribution in [-0.4, -0.2) is 37.7 Å². The molecule has 2 aromatic rings. The van der Waals surface area contributed by atoms with Crippen molar-refractivity contribution in [2.24, 2.45) is 10.9 Å². The third kappa shape index (κ3) is 8.39. The molecule has 1 aromatic heterocycles. The molecule has 152 valence electrons. The molecule has 0 spiro atoms. The summed E-state index contributed by atoms with van der Waals surface area (Å²) in [6.45, 7) is 7.63. The highest BCUT2D eigenvalue weighted by Crippen LogP contribution is 2.15. The molecule has 0 atom stereocenters. The van der Waals surface area contributed by atoms with Gasteiger partial charge in [-0.3, -0.25) is 4.99 Å². The van der Waals surface area contributed by atoms with Crippen molar-refractivity contribution in [3.05, 3.63) is 59.8 Å². The first-order chi connectivity index (χ1) is 13.7. The highest BCUT2D eigenvalue weighted by atomic mass is 16.5. The minimum Gasteiger partial charge on any atom is -0.473 e. The van der Waals surface area contributed by atoms with Crippen LogP contribution in [0, 0.1) is 5.92 Å². The maximum absolute atomic E-state index is 5.90. The molecule has 0 saturated carbocycles. The van der Waals surface area contributed by atoms with Crippen molar-refractivity contribution in [2.45, 2.75) is 33.4 Å². The second kappa shape index (κ2) is 12.7. The van der Waals surface area contributed by atoms with Crippen LogP contribution >= 0.6 is 0 Å². The van der Waals surface area contributed by atoms with Gasteiger partial charge in [0.1, 0.15) is 6.61 Å². The van der Waals surface area contributed by atoms with E-state index in [4.69, 9.17) is 9.47 Å². The summed E-state index contributed by atoms with van der Waals surface area (Å²) < 4.78 is 11.5. The molecule has 1 heterocycles. The van der Waals surface area contributed by atoms with E-state index in [-0.39, 0.29) is 0 Å². The maximum Gasteiger partial charge on any atom is 0.218 e. The highest BCUT2D eigenvalue weighted by molar-refractivity contribution is 5.79. The van der Waals surface area contributed by atoms with Crippen molar-refractivity contribution >= 4 is 5.96 Å². The largest absolute Gasteiger partial charge is 0.473 e. The summed E-state index contributed by atoms with van der Waals surface area (Å²) in [4.78, 5) is 8.62. The van der Waals surface area contributed by atoms with Crippen molar-refractivity contribution in [1.29, 1.82) is 0 Å². The average Bonchev–Trinajstić information content (AvgIpc) is 2.72. The van der Waals surface area contributed by atoms with E-state index in [2.05, 4.69) is 34.5 Å². The smallest absolute Gasteiger partial charge is 0.218 e. The van der Waals surface area contributed by atoms with Gasteiger partial charge in [0.15, 0.2) is 5.96 Å². The zero-order chi connectivity index (χ0) is 20.0. The molecule has 1 aromatic carbocycles. The average molecular weight is 385 g/mol. The first kappa shape index (κ1) is 21.7. The molecule has 0 amide bonds. The van der Waals surface area contributed by atoms with Gasteiger partial charge in [0.25, 0.3) is 0 Å². The Hall–Kier alpha value is -2.60. The Morgan fingerprint density at radius 2 is 1.89 bits per heavy atom. The first-order valence-corrected chi connectivity index (χ1v) is 9.82. The van der Waals surface area contributed by atoms with Gasteiger partial charge >= 0.3 is 0 Å². The number of nitrogens with zero attached hydrogens (tertiary/aromatic N) is 2. The van der Waals surface area contributed by atoms with E-state index in [1.165, 1.54) is 0 Å². The van der Waals surface area contributed by atoms with Gasteiger partial charge in [0.2, 0.25) is 5.88 Å². The Morgan fingerprint density at radius 1 is 1.07 bits per heavy atom. The second-order valence-corrected chi connectivity index (χ2v) is 6.89. The van der Waals surface area contributed by atoms with E-state index in [1.807, 2.05) is 42.5 Å². The molecule has 0 radical (unpaired) electrons. The number of guanidine groups is 1. The minimum absolute atomic E-state index is 0.492. The lowest BCUT2D eigenvalue weighted by Gasteiger charge is -2.14. The van der Waals surface area contributed by atoms with Crippen LogP contribution in [0.3, 0.4) is 0 Å². The van der Waals surface area contributed by atoms with E-state index in [1.54, 1.807) is 13.2 Å². The van der Waals surface area contributed by atoms with Crippen LogP contribution in [0.2, 0.25) is 0 Å². The topological polar surface area (TPSA) is 67.8 Å². The zero-order valence-electron chi connectivity index (χ0n) is 17.1. The summed E-state index contributed by atoms with van der Waals surface area (Å²) in [5, 5.41) is 6.55. The molecule has 0 saturated heterocycles. The molecule has 0 unspecified atom stereocenters. The van der Waals surface area contributed by atoms with Crippen LogP contribution in [0.4, 0.5) is 0 Å². The van der Waals surface area contributed by atoms with Gasteiger partial charge in [0.05, 0.1) is 6.61 Å². The maximum atomic E-state index is 5.90. The lowest BCUT2D eigenvalue weighted by Crippen LogP contribution is -2.38. The third-order valence-corrected chi connectivity index (χ3v) is 4.12. The second-order valence-electron chi connectivity index (χ2n) is 6.89. The van der Waals surface area contributed by atoms with Crippen LogP contribution in [0.1, 0.15) is 31.4 Å². The van der Waals surface area contributed by atoms with Gasteiger partial charge in [-0.1, -0.05) is 50.2 Å². The summed E-state index contributed by atoms with van der Waals surface area (Å²) in [6, 6.07) is 14.0. The van der Waals surface area contributed by atoms with Gasteiger partial charge in [-0.05, 0) is 24.0 Å². The van der Waals surface area contributed by atoms with Crippen LogP contribution in [0.25, 0.3) is 0 Å². The highest BCUT2D eigenvalue weighted by Gasteiger charge is 2.06. The fourth-order valence-electron chi connectivity index (χ4n) is 2.48. The molecule has 0 bridgehead atoms. The first-order valence-electron chi connectivity index (χ1n) is 9.82.